The third-order valence-electron chi connectivity index (χ3n) is 2.83. The summed E-state index contributed by atoms with van der Waals surface area (Å²) in [5, 5.41) is 15.0. The average molecular weight is 340 g/mol. The lowest BCUT2D eigenvalue weighted by Crippen LogP contribution is -2.07. The monoisotopic (exact) mass is 339 g/mol. The van der Waals surface area contributed by atoms with Gasteiger partial charge in [-0.1, -0.05) is 15.9 Å². The van der Waals surface area contributed by atoms with Crippen molar-refractivity contribution < 1.29 is 9.66 Å². The molecule has 0 bridgehead atoms. The summed E-state index contributed by atoms with van der Waals surface area (Å²) in [6.07, 6.45) is 2.06. The predicted octanol–water partition coefficient (Wildman–Crippen LogP) is 3.35. The Labute approximate surface area is 124 Å². The lowest BCUT2D eigenvalue weighted by atomic mass is 10.1. The number of fused-ring (bicyclic) bond motifs is 1. The van der Waals surface area contributed by atoms with E-state index >= 15 is 0 Å². The van der Waals surface area contributed by atoms with E-state index in [1.807, 2.05) is 18.2 Å². The highest BCUT2D eigenvalue weighted by Gasteiger charge is 2.17. The fourth-order valence-electron chi connectivity index (χ4n) is 1.91. The summed E-state index contributed by atoms with van der Waals surface area (Å²) in [6, 6.07) is 5.49. The van der Waals surface area contributed by atoms with Gasteiger partial charge >= 0.3 is 5.69 Å². The van der Waals surface area contributed by atoms with E-state index in [9.17, 15) is 10.1 Å². The maximum atomic E-state index is 11.1. The number of pyridine rings is 1. The van der Waals surface area contributed by atoms with Crippen LogP contribution in [0, 0.1) is 10.1 Å². The first-order valence-electron chi connectivity index (χ1n) is 6.09. The maximum absolute atomic E-state index is 11.1. The van der Waals surface area contributed by atoms with Crippen LogP contribution in [0.2, 0.25) is 0 Å². The van der Waals surface area contributed by atoms with E-state index in [1.54, 1.807) is 7.11 Å². The van der Waals surface area contributed by atoms with Gasteiger partial charge in [-0.3, -0.25) is 10.1 Å². The summed E-state index contributed by atoms with van der Waals surface area (Å²) in [6.45, 7) is 1.21. The minimum atomic E-state index is -0.423. The van der Waals surface area contributed by atoms with Gasteiger partial charge in [-0.2, -0.15) is 0 Å². The van der Waals surface area contributed by atoms with Crippen LogP contribution in [0.1, 0.15) is 6.42 Å². The second-order valence-corrected chi connectivity index (χ2v) is 5.13. The number of methoxy groups -OCH3 is 1. The van der Waals surface area contributed by atoms with Crippen molar-refractivity contribution in [3.8, 4) is 0 Å². The van der Waals surface area contributed by atoms with Crippen molar-refractivity contribution in [1.29, 1.82) is 0 Å². The van der Waals surface area contributed by atoms with E-state index in [-0.39, 0.29) is 5.69 Å². The van der Waals surface area contributed by atoms with Gasteiger partial charge in [0.15, 0.2) is 0 Å². The number of nitro groups is 1. The predicted molar refractivity (Wildman–Crippen MR) is 81.1 cm³/mol. The molecule has 0 amide bonds. The summed E-state index contributed by atoms with van der Waals surface area (Å²) in [4.78, 5) is 14.8. The molecule has 0 radical (unpaired) electrons. The average Bonchev–Trinajstić information content (AvgIpc) is 2.42. The highest BCUT2D eigenvalue weighted by Crippen LogP contribution is 2.32. The van der Waals surface area contributed by atoms with Crippen molar-refractivity contribution in [2.24, 2.45) is 0 Å². The number of benzene rings is 1. The van der Waals surface area contributed by atoms with E-state index < -0.39 is 4.92 Å². The van der Waals surface area contributed by atoms with Gasteiger partial charge in [-0.15, -0.1) is 0 Å². The summed E-state index contributed by atoms with van der Waals surface area (Å²) >= 11 is 3.37. The topological polar surface area (TPSA) is 77.3 Å². The van der Waals surface area contributed by atoms with Crippen LogP contribution in [-0.4, -0.2) is 30.2 Å². The Morgan fingerprint density at radius 3 is 3.00 bits per heavy atom. The van der Waals surface area contributed by atoms with Crippen molar-refractivity contribution in [3.05, 3.63) is 39.0 Å². The van der Waals surface area contributed by atoms with Crippen molar-refractivity contribution in [2.75, 3.05) is 25.6 Å². The third kappa shape index (κ3) is 3.23. The fraction of sp³-hybridized carbons (Fsp3) is 0.308. The number of anilines is 1. The number of rotatable bonds is 6. The van der Waals surface area contributed by atoms with Crippen LogP contribution < -0.4 is 5.32 Å². The van der Waals surface area contributed by atoms with Crippen LogP contribution in [0.4, 0.5) is 11.4 Å². The molecule has 0 saturated carbocycles. The molecule has 1 aromatic carbocycles. The number of nitrogens with one attached hydrogen (secondary N) is 1. The molecule has 2 aromatic rings. The van der Waals surface area contributed by atoms with E-state index in [0.29, 0.717) is 24.4 Å². The standard InChI is InChI=1S/C13H14BrN3O3/c1-20-6-2-5-15-13-10-4-3-9(14)7-11(10)16-8-12(13)17(18)19/h3-4,7-8H,2,5-6H2,1H3,(H,15,16). The quantitative estimate of drug-likeness (QED) is 0.496. The highest BCUT2D eigenvalue weighted by molar-refractivity contribution is 9.10. The van der Waals surface area contributed by atoms with Crippen molar-refractivity contribution >= 4 is 38.2 Å². The van der Waals surface area contributed by atoms with E-state index in [1.165, 1.54) is 6.20 Å². The number of hydrogen-bond acceptors (Lipinski definition) is 5. The first-order valence-corrected chi connectivity index (χ1v) is 6.88. The SMILES string of the molecule is COCCCNc1c([N+](=O)[O-])cnc2cc(Br)ccc12. The Bertz CT molecular complexity index is 634. The molecule has 6 nitrogen and oxygen atoms in total. The summed E-state index contributed by atoms with van der Waals surface area (Å²) < 4.78 is 5.85. The minimum absolute atomic E-state index is 0.0164. The van der Waals surface area contributed by atoms with E-state index in [4.69, 9.17) is 4.74 Å². The number of hydrogen-bond donors (Lipinski definition) is 1. The smallest absolute Gasteiger partial charge is 0.311 e. The molecule has 1 N–H and O–H groups in total. The van der Waals surface area contributed by atoms with Gasteiger partial charge in [0.1, 0.15) is 11.9 Å². The number of nitrogens with zero attached hydrogens (tertiary/aromatic N) is 2. The van der Waals surface area contributed by atoms with Gasteiger partial charge in [0.2, 0.25) is 0 Å². The molecule has 1 heterocycles. The van der Waals surface area contributed by atoms with E-state index in [2.05, 4.69) is 26.2 Å². The molecule has 2 rings (SSSR count). The van der Waals surface area contributed by atoms with Gasteiger partial charge in [0, 0.05) is 30.1 Å². The zero-order valence-corrected chi connectivity index (χ0v) is 12.5. The maximum Gasteiger partial charge on any atom is 0.311 e. The lowest BCUT2D eigenvalue weighted by molar-refractivity contribution is -0.384. The molecule has 1 aromatic heterocycles. The van der Waals surface area contributed by atoms with Crippen LogP contribution in [0.15, 0.2) is 28.9 Å². The van der Waals surface area contributed by atoms with Crippen LogP contribution in [-0.2, 0) is 4.74 Å². The molecule has 0 aliphatic carbocycles. The molecule has 0 aliphatic heterocycles. The first kappa shape index (κ1) is 14.7. The zero-order valence-electron chi connectivity index (χ0n) is 10.9. The molecule has 0 aliphatic rings. The van der Waals surface area contributed by atoms with Crippen LogP contribution in [0.5, 0.6) is 0 Å². The normalized spacial score (nSPS) is 10.7. The van der Waals surface area contributed by atoms with Gasteiger partial charge < -0.3 is 10.1 Å². The summed E-state index contributed by atoms with van der Waals surface area (Å²) in [5.74, 6) is 0. The Morgan fingerprint density at radius 1 is 1.50 bits per heavy atom. The largest absolute Gasteiger partial charge is 0.385 e. The Balaban J connectivity index is 2.40. The number of aromatic nitrogens is 1. The van der Waals surface area contributed by atoms with Gasteiger partial charge in [-0.05, 0) is 24.6 Å². The van der Waals surface area contributed by atoms with Crippen LogP contribution in [0.3, 0.4) is 0 Å². The molecule has 0 unspecified atom stereocenters. The second-order valence-electron chi connectivity index (χ2n) is 4.21. The molecule has 0 saturated heterocycles. The summed E-state index contributed by atoms with van der Waals surface area (Å²) in [5.41, 5.74) is 1.19. The second kappa shape index (κ2) is 6.62. The first-order chi connectivity index (χ1) is 9.63. The fourth-order valence-corrected chi connectivity index (χ4v) is 2.26. The van der Waals surface area contributed by atoms with Gasteiger partial charge in [0.25, 0.3) is 0 Å². The molecule has 7 heteroatoms. The van der Waals surface area contributed by atoms with E-state index in [0.717, 1.165) is 16.3 Å². The lowest BCUT2D eigenvalue weighted by Gasteiger charge is -2.10. The van der Waals surface area contributed by atoms with Crippen molar-refractivity contribution in [1.82, 2.24) is 4.98 Å². The molecule has 0 atom stereocenters. The third-order valence-corrected chi connectivity index (χ3v) is 3.33. The highest BCUT2D eigenvalue weighted by atomic mass is 79.9. The number of halogens is 1. The Morgan fingerprint density at radius 2 is 2.30 bits per heavy atom. The molecule has 0 spiro atoms. The molecular weight excluding hydrogens is 326 g/mol. The summed E-state index contributed by atoms with van der Waals surface area (Å²) in [7, 11) is 1.63. The Hall–Kier alpha value is -1.73. The molecule has 106 valence electrons. The van der Waals surface area contributed by atoms with Crippen LogP contribution >= 0.6 is 15.9 Å². The molecule has 0 fully saturated rings. The zero-order chi connectivity index (χ0) is 14.5. The van der Waals surface area contributed by atoms with Gasteiger partial charge in [0.05, 0.1) is 10.4 Å². The van der Waals surface area contributed by atoms with Crippen molar-refractivity contribution in [2.45, 2.75) is 6.42 Å². The molecule has 20 heavy (non-hydrogen) atoms. The number of ether oxygens (including phenoxy) is 1. The van der Waals surface area contributed by atoms with Gasteiger partial charge in [-0.25, -0.2) is 4.98 Å². The van der Waals surface area contributed by atoms with Crippen LogP contribution in [0.25, 0.3) is 10.9 Å². The Kier molecular flexibility index (Phi) is 4.86. The minimum Gasteiger partial charge on any atom is -0.385 e. The molecular formula is C13H14BrN3O3. The van der Waals surface area contributed by atoms with Crippen molar-refractivity contribution in [3.63, 3.8) is 0 Å².